The Labute approximate surface area is 151 Å². The van der Waals surface area contributed by atoms with Gasteiger partial charge in [0.25, 0.3) is 21.7 Å². The quantitative estimate of drug-likeness (QED) is 0.696. The summed E-state index contributed by atoms with van der Waals surface area (Å²) in [6, 6.07) is 6.67. The van der Waals surface area contributed by atoms with Crippen LogP contribution in [0.1, 0.15) is 23.9 Å². The lowest BCUT2D eigenvalue weighted by atomic mass is 10.2. The summed E-state index contributed by atoms with van der Waals surface area (Å²) in [5.74, 6) is 0.382. The van der Waals surface area contributed by atoms with Crippen molar-refractivity contribution in [3.8, 4) is 0 Å². The summed E-state index contributed by atoms with van der Waals surface area (Å²) in [6.07, 6.45) is 0. The van der Waals surface area contributed by atoms with Crippen molar-refractivity contribution in [1.29, 1.82) is 0 Å². The van der Waals surface area contributed by atoms with Crippen molar-refractivity contribution in [2.24, 2.45) is 0 Å². The van der Waals surface area contributed by atoms with Gasteiger partial charge in [-0.1, -0.05) is 29.3 Å². The van der Waals surface area contributed by atoms with E-state index in [1.165, 1.54) is 4.52 Å². The zero-order chi connectivity index (χ0) is 18.4. The van der Waals surface area contributed by atoms with Gasteiger partial charge in [0, 0.05) is 6.54 Å². The number of rotatable bonds is 4. The molecule has 0 atom stereocenters. The minimum atomic E-state index is -3.77. The van der Waals surface area contributed by atoms with Crippen molar-refractivity contribution in [3.05, 3.63) is 46.2 Å². The molecule has 3 aromatic rings. The number of anilines is 1. The Kier molecular flexibility index (Phi) is 4.42. The Bertz CT molecular complexity index is 1040. The van der Waals surface area contributed by atoms with Crippen LogP contribution in [-0.4, -0.2) is 34.5 Å². The fraction of sp³-hybridized carbons (Fsp3) is 0.312. The van der Waals surface area contributed by atoms with Crippen molar-refractivity contribution >= 4 is 33.4 Å². The monoisotopic (exact) mass is 379 g/mol. The van der Waals surface area contributed by atoms with Crippen LogP contribution >= 0.6 is 11.6 Å². The molecule has 0 fully saturated rings. The number of aryl methyl sites for hydroxylation is 3. The molecule has 1 aromatic carbocycles. The van der Waals surface area contributed by atoms with E-state index in [-0.39, 0.29) is 17.4 Å². The number of benzene rings is 1. The average molecular weight is 380 g/mol. The van der Waals surface area contributed by atoms with E-state index < -0.39 is 10.0 Å². The van der Waals surface area contributed by atoms with Crippen molar-refractivity contribution < 1.29 is 8.42 Å². The minimum absolute atomic E-state index is 0.0698. The van der Waals surface area contributed by atoms with Crippen LogP contribution in [0.3, 0.4) is 0 Å². The predicted molar refractivity (Wildman–Crippen MR) is 96.7 cm³/mol. The van der Waals surface area contributed by atoms with Gasteiger partial charge in [-0.05, 0) is 39.8 Å². The van der Waals surface area contributed by atoms with Gasteiger partial charge < -0.3 is 0 Å². The van der Waals surface area contributed by atoms with Crippen LogP contribution in [0.25, 0.3) is 5.78 Å². The van der Waals surface area contributed by atoms with E-state index in [1.807, 2.05) is 6.92 Å². The standard InChI is InChI=1S/C16H18ClN5O2S/c1-5-21(25(23,24)13-8-6-10(2)7-9-13)16-19-15-18-11(3)14(17)12(4)22(15)20-16/h6-9H,5H2,1-4H3. The first-order valence-electron chi connectivity index (χ1n) is 7.74. The van der Waals surface area contributed by atoms with Crippen molar-refractivity contribution in [2.45, 2.75) is 32.6 Å². The lowest BCUT2D eigenvalue weighted by Gasteiger charge is -2.18. The SMILES string of the molecule is CCN(c1nc2nc(C)c(Cl)c(C)n2n1)S(=O)(=O)c1ccc(C)cc1. The summed E-state index contributed by atoms with van der Waals surface area (Å²) in [4.78, 5) is 8.75. The maximum absolute atomic E-state index is 13.0. The Morgan fingerprint density at radius 1 is 1.12 bits per heavy atom. The highest BCUT2D eigenvalue weighted by Gasteiger charge is 2.27. The Morgan fingerprint density at radius 2 is 1.76 bits per heavy atom. The number of hydrogen-bond donors (Lipinski definition) is 0. The first-order valence-corrected chi connectivity index (χ1v) is 9.56. The molecule has 7 nitrogen and oxygen atoms in total. The van der Waals surface area contributed by atoms with Crippen LogP contribution in [0.2, 0.25) is 5.02 Å². The van der Waals surface area contributed by atoms with E-state index in [9.17, 15) is 8.42 Å². The van der Waals surface area contributed by atoms with E-state index in [0.29, 0.717) is 22.2 Å². The molecule has 0 N–H and O–H groups in total. The van der Waals surface area contributed by atoms with Crippen molar-refractivity contribution in [2.75, 3.05) is 10.8 Å². The second-order valence-electron chi connectivity index (χ2n) is 5.70. The molecule has 2 aromatic heterocycles. The fourth-order valence-electron chi connectivity index (χ4n) is 2.51. The number of sulfonamides is 1. The highest BCUT2D eigenvalue weighted by molar-refractivity contribution is 7.92. The number of hydrogen-bond acceptors (Lipinski definition) is 5. The molecular weight excluding hydrogens is 362 g/mol. The third kappa shape index (κ3) is 2.96. The van der Waals surface area contributed by atoms with Gasteiger partial charge in [0.1, 0.15) is 0 Å². The Balaban J connectivity index is 2.14. The summed E-state index contributed by atoms with van der Waals surface area (Å²) in [5.41, 5.74) is 2.26. The molecule has 132 valence electrons. The van der Waals surface area contributed by atoms with Crippen LogP contribution in [0, 0.1) is 20.8 Å². The molecule has 0 saturated heterocycles. The van der Waals surface area contributed by atoms with Gasteiger partial charge in [-0.25, -0.2) is 17.7 Å². The molecule has 0 radical (unpaired) electrons. The third-order valence-corrected chi connectivity index (χ3v) is 6.34. The van der Waals surface area contributed by atoms with E-state index in [1.54, 1.807) is 45.0 Å². The molecule has 0 spiro atoms. The van der Waals surface area contributed by atoms with E-state index in [2.05, 4.69) is 15.1 Å². The molecule has 0 aliphatic heterocycles. The van der Waals surface area contributed by atoms with Gasteiger partial charge in [-0.15, -0.1) is 5.10 Å². The Morgan fingerprint density at radius 3 is 2.36 bits per heavy atom. The largest absolute Gasteiger partial charge is 0.266 e. The van der Waals surface area contributed by atoms with Gasteiger partial charge >= 0.3 is 0 Å². The summed E-state index contributed by atoms with van der Waals surface area (Å²) in [5, 5.41) is 4.78. The summed E-state index contributed by atoms with van der Waals surface area (Å²) >= 11 is 6.20. The van der Waals surface area contributed by atoms with Gasteiger partial charge in [0.05, 0.1) is 21.3 Å². The lowest BCUT2D eigenvalue weighted by molar-refractivity contribution is 0.590. The van der Waals surface area contributed by atoms with Gasteiger partial charge in [0.15, 0.2) is 0 Å². The number of halogens is 1. The molecule has 0 amide bonds. The van der Waals surface area contributed by atoms with Crippen molar-refractivity contribution in [3.63, 3.8) is 0 Å². The second-order valence-corrected chi connectivity index (χ2v) is 7.94. The molecule has 0 saturated carbocycles. The van der Waals surface area contributed by atoms with Crippen LogP contribution in [0.5, 0.6) is 0 Å². The molecule has 0 aliphatic carbocycles. The minimum Gasteiger partial charge on any atom is -0.233 e. The summed E-state index contributed by atoms with van der Waals surface area (Å²) < 4.78 is 28.5. The van der Waals surface area contributed by atoms with Gasteiger partial charge in [-0.2, -0.15) is 9.50 Å². The maximum Gasteiger partial charge on any atom is 0.266 e. The molecule has 3 rings (SSSR count). The van der Waals surface area contributed by atoms with Crippen LogP contribution < -0.4 is 4.31 Å². The summed E-state index contributed by atoms with van der Waals surface area (Å²) in [7, 11) is -3.77. The third-order valence-electron chi connectivity index (χ3n) is 3.92. The highest BCUT2D eigenvalue weighted by atomic mass is 35.5. The first kappa shape index (κ1) is 17.6. The molecule has 2 heterocycles. The van der Waals surface area contributed by atoms with Gasteiger partial charge in [0.2, 0.25) is 0 Å². The number of nitrogens with zero attached hydrogens (tertiary/aromatic N) is 5. The topological polar surface area (TPSA) is 80.5 Å². The maximum atomic E-state index is 13.0. The molecule has 0 unspecified atom stereocenters. The molecule has 0 aliphatic rings. The zero-order valence-electron chi connectivity index (χ0n) is 14.4. The second kappa shape index (κ2) is 6.27. The molecular formula is C16H18ClN5O2S. The van der Waals surface area contributed by atoms with Crippen LogP contribution in [0.15, 0.2) is 29.2 Å². The Hall–Kier alpha value is -2.19. The average Bonchev–Trinajstić information content (AvgIpc) is 2.97. The molecule has 9 heteroatoms. The van der Waals surface area contributed by atoms with E-state index in [0.717, 1.165) is 9.87 Å². The predicted octanol–water partition coefficient (Wildman–Crippen LogP) is 2.92. The van der Waals surface area contributed by atoms with Crippen LogP contribution in [0.4, 0.5) is 5.95 Å². The highest BCUT2D eigenvalue weighted by Crippen LogP contribution is 2.24. The van der Waals surface area contributed by atoms with E-state index in [4.69, 9.17) is 11.6 Å². The number of aromatic nitrogens is 4. The first-order chi connectivity index (χ1) is 11.8. The smallest absolute Gasteiger partial charge is 0.233 e. The van der Waals surface area contributed by atoms with Gasteiger partial charge in [-0.3, -0.25) is 0 Å². The van der Waals surface area contributed by atoms with E-state index >= 15 is 0 Å². The fourth-order valence-corrected chi connectivity index (χ4v) is 4.00. The lowest BCUT2D eigenvalue weighted by Crippen LogP contribution is -2.31. The zero-order valence-corrected chi connectivity index (χ0v) is 15.9. The van der Waals surface area contributed by atoms with Crippen molar-refractivity contribution in [1.82, 2.24) is 19.6 Å². The number of fused-ring (bicyclic) bond motifs is 1. The summed E-state index contributed by atoms with van der Waals surface area (Å²) in [6.45, 7) is 7.38. The molecule has 0 bridgehead atoms. The normalized spacial score (nSPS) is 11.9. The molecule has 25 heavy (non-hydrogen) atoms. The van der Waals surface area contributed by atoms with Crippen LogP contribution in [-0.2, 0) is 10.0 Å².